The SMILES string of the molecule is CC(C)=CCCC(C)=CCOC(=O)CC(=O)c1ccc2ccccc2c1.CCCCCCCC(=O)CC(=O)OCC=C(C)CCC=C(C)C. The molecule has 0 heterocycles. The lowest BCUT2D eigenvalue weighted by Gasteiger charge is -2.05. The van der Waals surface area contributed by atoms with Crippen molar-refractivity contribution in [3.05, 3.63) is 94.6 Å². The van der Waals surface area contributed by atoms with Gasteiger partial charge in [0.25, 0.3) is 0 Å². The van der Waals surface area contributed by atoms with Gasteiger partial charge in [-0.1, -0.05) is 103 Å². The Morgan fingerprint density at radius 2 is 1.12 bits per heavy atom. The maximum absolute atomic E-state index is 12.3. The molecule has 0 fully saturated rings. The second kappa shape index (κ2) is 25.9. The minimum absolute atomic E-state index is 0.00393. The molecule has 0 aliphatic rings. The Balaban J connectivity index is 0.000000495. The summed E-state index contributed by atoms with van der Waals surface area (Å²) in [6.45, 7) is 15.0. The van der Waals surface area contributed by atoms with Gasteiger partial charge in [0.05, 0.1) is 0 Å². The predicted octanol–water partition coefficient (Wildman–Crippen LogP) is 11.2. The molecule has 2 aromatic carbocycles. The molecule has 0 amide bonds. The zero-order valence-corrected chi connectivity index (χ0v) is 31.2. The van der Waals surface area contributed by atoms with Crippen LogP contribution in [0.25, 0.3) is 10.8 Å². The van der Waals surface area contributed by atoms with Crippen LogP contribution >= 0.6 is 0 Å². The van der Waals surface area contributed by atoms with Gasteiger partial charge < -0.3 is 9.47 Å². The van der Waals surface area contributed by atoms with Gasteiger partial charge in [0.15, 0.2) is 5.78 Å². The number of hydrogen-bond acceptors (Lipinski definition) is 6. The Morgan fingerprint density at radius 3 is 1.67 bits per heavy atom. The largest absolute Gasteiger partial charge is 0.461 e. The lowest BCUT2D eigenvalue weighted by Crippen LogP contribution is -2.11. The predicted molar refractivity (Wildman–Crippen MR) is 203 cm³/mol. The third kappa shape index (κ3) is 22.2. The first-order valence-electron chi connectivity index (χ1n) is 17.8. The minimum Gasteiger partial charge on any atom is -0.461 e. The first-order valence-corrected chi connectivity index (χ1v) is 17.8. The van der Waals surface area contributed by atoms with E-state index in [4.69, 9.17) is 9.47 Å². The normalized spacial score (nSPS) is 11.2. The van der Waals surface area contributed by atoms with Gasteiger partial charge in [0.2, 0.25) is 0 Å². The number of rotatable bonds is 21. The van der Waals surface area contributed by atoms with Crippen molar-refractivity contribution < 1.29 is 28.7 Å². The summed E-state index contributed by atoms with van der Waals surface area (Å²) >= 11 is 0. The van der Waals surface area contributed by atoms with Crippen LogP contribution in [0, 0.1) is 0 Å². The number of ketones is 2. The number of allylic oxidation sites excluding steroid dienone is 6. The van der Waals surface area contributed by atoms with Gasteiger partial charge >= 0.3 is 11.9 Å². The first-order chi connectivity index (χ1) is 23.4. The van der Waals surface area contributed by atoms with Crippen molar-refractivity contribution in [2.24, 2.45) is 0 Å². The highest BCUT2D eigenvalue weighted by Gasteiger charge is 2.13. The summed E-state index contributed by atoms with van der Waals surface area (Å²) in [5.41, 5.74) is 5.54. The average molecular weight is 673 g/mol. The smallest absolute Gasteiger partial charge is 0.314 e. The van der Waals surface area contributed by atoms with E-state index < -0.39 is 11.9 Å². The van der Waals surface area contributed by atoms with Crippen LogP contribution in [0.4, 0.5) is 0 Å². The molecule has 0 radical (unpaired) electrons. The van der Waals surface area contributed by atoms with Crippen molar-refractivity contribution in [2.45, 2.75) is 126 Å². The second-order valence-electron chi connectivity index (χ2n) is 13.1. The fourth-order valence-corrected chi connectivity index (χ4v) is 4.81. The molecule has 0 aliphatic heterocycles. The molecule has 0 saturated carbocycles. The van der Waals surface area contributed by atoms with Crippen LogP contribution in [0.1, 0.15) is 136 Å². The van der Waals surface area contributed by atoms with Gasteiger partial charge in [-0.2, -0.15) is 0 Å². The van der Waals surface area contributed by atoms with Crippen LogP contribution in [0.5, 0.6) is 0 Å². The Bertz CT molecular complexity index is 1450. The minimum atomic E-state index is -0.489. The van der Waals surface area contributed by atoms with Gasteiger partial charge in [-0.25, -0.2) is 0 Å². The van der Waals surface area contributed by atoms with Crippen molar-refractivity contribution in [1.82, 2.24) is 0 Å². The standard InChI is InChI=1S/C23H26O3.C20H34O3/c1-17(2)7-6-8-18(3)13-14-26-23(25)16-22(24)21-12-11-19-9-4-5-10-20(19)15-21;1-5-6-7-8-9-13-19(21)16-20(22)23-15-14-18(4)12-10-11-17(2)3/h4-5,7,9-13,15H,6,8,14,16H2,1-3H3;11,14H,5-10,12-13,15-16H2,1-4H3. The summed E-state index contributed by atoms with van der Waals surface area (Å²) in [7, 11) is 0. The van der Waals surface area contributed by atoms with Crippen molar-refractivity contribution >= 4 is 34.3 Å². The van der Waals surface area contributed by atoms with E-state index in [9.17, 15) is 19.2 Å². The summed E-state index contributed by atoms with van der Waals surface area (Å²) in [4.78, 5) is 47.4. The molecule has 6 heteroatoms. The highest BCUT2D eigenvalue weighted by molar-refractivity contribution is 6.07. The lowest BCUT2D eigenvalue weighted by molar-refractivity contribution is -0.145. The molecule has 0 aromatic heterocycles. The molecule has 0 atom stereocenters. The molecule has 0 aliphatic carbocycles. The summed E-state index contributed by atoms with van der Waals surface area (Å²) < 4.78 is 10.3. The van der Waals surface area contributed by atoms with Crippen LogP contribution in [-0.2, 0) is 23.9 Å². The second-order valence-corrected chi connectivity index (χ2v) is 13.1. The van der Waals surface area contributed by atoms with E-state index in [1.807, 2.05) is 62.4 Å². The highest BCUT2D eigenvalue weighted by atomic mass is 16.5. The molecule has 268 valence electrons. The Kier molecular flexibility index (Phi) is 22.7. The molecule has 0 N–H and O–H groups in total. The van der Waals surface area contributed by atoms with Crippen molar-refractivity contribution in [1.29, 1.82) is 0 Å². The average Bonchev–Trinajstić information content (AvgIpc) is 3.04. The number of carbonyl (C=O) groups is 4. The highest BCUT2D eigenvalue weighted by Crippen LogP contribution is 2.17. The fourth-order valence-electron chi connectivity index (χ4n) is 4.81. The summed E-state index contributed by atoms with van der Waals surface area (Å²) in [6.07, 6.45) is 17.8. The summed E-state index contributed by atoms with van der Waals surface area (Å²) in [5, 5.41) is 2.06. The van der Waals surface area contributed by atoms with Crippen LogP contribution in [0.2, 0.25) is 0 Å². The molecule has 0 spiro atoms. The maximum atomic E-state index is 12.3. The number of carbonyl (C=O) groups excluding carboxylic acids is 4. The first kappa shape index (κ1) is 43.0. The van der Waals surface area contributed by atoms with Gasteiger partial charge in [-0.3, -0.25) is 19.2 Å². The molecule has 6 nitrogen and oxygen atoms in total. The van der Waals surface area contributed by atoms with Crippen LogP contribution < -0.4 is 0 Å². The molecule has 0 bridgehead atoms. The Labute approximate surface area is 295 Å². The maximum Gasteiger partial charge on any atom is 0.314 e. The van der Waals surface area contributed by atoms with Crippen molar-refractivity contribution in [3.63, 3.8) is 0 Å². The number of hydrogen-bond donors (Lipinski definition) is 0. The van der Waals surface area contributed by atoms with E-state index in [-0.39, 0.29) is 37.6 Å². The molecule has 0 unspecified atom stereocenters. The van der Waals surface area contributed by atoms with E-state index in [2.05, 4.69) is 46.8 Å². The van der Waals surface area contributed by atoms with Crippen molar-refractivity contribution in [2.75, 3.05) is 13.2 Å². The monoisotopic (exact) mass is 672 g/mol. The number of unbranched alkanes of at least 4 members (excludes halogenated alkanes) is 4. The molecule has 2 aromatic rings. The van der Waals surface area contributed by atoms with E-state index in [1.165, 1.54) is 41.6 Å². The summed E-state index contributed by atoms with van der Waals surface area (Å²) in [6, 6.07) is 13.3. The van der Waals surface area contributed by atoms with Crippen LogP contribution in [0.15, 0.2) is 89.1 Å². The van der Waals surface area contributed by atoms with E-state index in [0.29, 0.717) is 12.0 Å². The quantitative estimate of drug-likeness (QED) is 0.0431. The molecular formula is C43H60O6. The summed E-state index contributed by atoms with van der Waals surface area (Å²) in [5.74, 6) is -1.12. The number of benzene rings is 2. The number of ether oxygens (including phenoxy) is 2. The molecular weight excluding hydrogens is 612 g/mol. The van der Waals surface area contributed by atoms with Crippen LogP contribution in [-0.4, -0.2) is 36.7 Å². The fraction of sp³-hybridized carbons (Fsp3) is 0.488. The third-order valence-corrected chi connectivity index (χ3v) is 7.81. The molecule has 0 saturated heterocycles. The Hall–Kier alpha value is -4.06. The van der Waals surface area contributed by atoms with Gasteiger partial charge in [0.1, 0.15) is 31.8 Å². The molecule has 49 heavy (non-hydrogen) atoms. The van der Waals surface area contributed by atoms with Crippen molar-refractivity contribution in [3.8, 4) is 0 Å². The zero-order chi connectivity index (χ0) is 36.4. The number of Topliss-reactive ketones (excluding diaryl/α,β-unsaturated/α-hetero) is 2. The van der Waals surface area contributed by atoms with E-state index in [0.717, 1.165) is 49.3 Å². The lowest BCUT2D eigenvalue weighted by atomic mass is 10.0. The zero-order valence-electron chi connectivity index (χ0n) is 31.2. The van der Waals surface area contributed by atoms with Crippen LogP contribution in [0.3, 0.4) is 0 Å². The third-order valence-electron chi connectivity index (χ3n) is 7.81. The number of fused-ring (bicyclic) bond motifs is 1. The number of esters is 2. The van der Waals surface area contributed by atoms with Gasteiger partial charge in [-0.15, -0.1) is 0 Å². The van der Waals surface area contributed by atoms with E-state index in [1.54, 1.807) is 6.07 Å². The molecule has 2 rings (SSSR count). The van der Waals surface area contributed by atoms with E-state index >= 15 is 0 Å². The Morgan fingerprint density at radius 1 is 0.592 bits per heavy atom. The topological polar surface area (TPSA) is 86.7 Å². The van der Waals surface area contributed by atoms with Gasteiger partial charge in [0, 0.05) is 12.0 Å². The van der Waals surface area contributed by atoms with Gasteiger partial charge in [-0.05, 0) is 103 Å².